The lowest BCUT2D eigenvalue weighted by molar-refractivity contribution is 0.0484. The molecule has 9 heteroatoms. The number of hydrogen-bond acceptors (Lipinski definition) is 3. The van der Waals surface area contributed by atoms with Gasteiger partial charge in [-0.2, -0.15) is 0 Å². The molecule has 136 valence electrons. The van der Waals surface area contributed by atoms with Crippen molar-refractivity contribution < 1.29 is 35.9 Å². The second-order valence-electron chi connectivity index (χ2n) is 5.73. The Labute approximate surface area is 137 Å². The van der Waals surface area contributed by atoms with E-state index in [9.17, 15) is 26.7 Å². The number of esters is 1. The Morgan fingerprint density at radius 3 is 1.92 bits per heavy atom. The highest BCUT2D eigenvalue weighted by molar-refractivity contribution is 6.71. The summed E-state index contributed by atoms with van der Waals surface area (Å²) < 4.78 is 76.1. The quantitative estimate of drug-likeness (QED) is 0.168. The second-order valence-corrected chi connectivity index (χ2v) is 10.0. The Morgan fingerprint density at radius 2 is 1.42 bits per heavy atom. The highest BCUT2D eigenvalue weighted by atomic mass is 28.4. The minimum atomic E-state index is -2.32. The monoisotopic (exact) mass is 370 g/mol. The fraction of sp³-hybridized carbons (Fsp3) is 0.533. The first-order chi connectivity index (χ1) is 11.1. The molecular weight excluding hydrogens is 351 g/mol. The summed E-state index contributed by atoms with van der Waals surface area (Å²) in [5.41, 5.74) is -1.57. The Balaban J connectivity index is 2.62. The van der Waals surface area contributed by atoms with Gasteiger partial charge in [-0.15, -0.1) is 0 Å². The average molecular weight is 370 g/mol. The standard InChI is InChI=1S/C15H19F5O3Si/c1-4-23-24(2,3)8-6-5-7-22-15(21)9-10(16)12(18)14(20)13(19)11(9)17/h4-8H2,1-3H3. The summed E-state index contributed by atoms with van der Waals surface area (Å²) in [5.74, 6) is -12.6. The molecule has 0 radical (unpaired) electrons. The van der Waals surface area contributed by atoms with Crippen LogP contribution in [0.2, 0.25) is 19.1 Å². The molecule has 0 fully saturated rings. The van der Waals surface area contributed by atoms with E-state index in [1.165, 1.54) is 0 Å². The van der Waals surface area contributed by atoms with E-state index < -0.39 is 48.9 Å². The van der Waals surface area contributed by atoms with E-state index in [0.717, 1.165) is 6.04 Å². The van der Waals surface area contributed by atoms with Gasteiger partial charge in [-0.1, -0.05) is 6.42 Å². The zero-order valence-corrected chi connectivity index (χ0v) is 14.7. The van der Waals surface area contributed by atoms with Crippen LogP contribution in [0.5, 0.6) is 0 Å². The minimum Gasteiger partial charge on any atom is -0.462 e. The third kappa shape index (κ3) is 5.00. The van der Waals surface area contributed by atoms with Gasteiger partial charge in [0.2, 0.25) is 5.82 Å². The molecule has 0 aliphatic rings. The van der Waals surface area contributed by atoms with E-state index >= 15 is 0 Å². The maximum absolute atomic E-state index is 13.4. The molecule has 0 unspecified atom stereocenters. The average Bonchev–Trinajstić information content (AvgIpc) is 2.50. The first-order valence-corrected chi connectivity index (χ1v) is 10.6. The van der Waals surface area contributed by atoms with Crippen molar-refractivity contribution in [1.29, 1.82) is 0 Å². The fourth-order valence-electron chi connectivity index (χ4n) is 2.14. The number of carbonyl (C=O) groups excluding carboxylic acids is 1. The van der Waals surface area contributed by atoms with Crippen molar-refractivity contribution in [3.05, 3.63) is 34.6 Å². The van der Waals surface area contributed by atoms with Crippen LogP contribution in [-0.2, 0) is 9.16 Å². The number of ether oxygens (including phenoxy) is 1. The molecule has 0 aromatic heterocycles. The maximum Gasteiger partial charge on any atom is 0.344 e. The van der Waals surface area contributed by atoms with Gasteiger partial charge in [0.1, 0.15) is 5.56 Å². The van der Waals surface area contributed by atoms with Gasteiger partial charge >= 0.3 is 5.97 Å². The van der Waals surface area contributed by atoms with Gasteiger partial charge in [-0.3, -0.25) is 0 Å². The molecule has 0 aliphatic heterocycles. The van der Waals surface area contributed by atoms with Gasteiger partial charge in [0.15, 0.2) is 31.6 Å². The highest BCUT2D eigenvalue weighted by Gasteiger charge is 2.30. The van der Waals surface area contributed by atoms with Gasteiger partial charge in [0.25, 0.3) is 0 Å². The lowest BCUT2D eigenvalue weighted by Gasteiger charge is -2.21. The van der Waals surface area contributed by atoms with Crippen molar-refractivity contribution in [3.63, 3.8) is 0 Å². The molecular formula is C15H19F5O3Si. The Morgan fingerprint density at radius 1 is 0.917 bits per heavy atom. The van der Waals surface area contributed by atoms with Crippen LogP contribution in [0.1, 0.15) is 30.1 Å². The molecule has 0 heterocycles. The van der Waals surface area contributed by atoms with Crippen molar-refractivity contribution in [3.8, 4) is 0 Å². The summed E-state index contributed by atoms with van der Waals surface area (Å²) in [5, 5.41) is 0. The molecule has 3 nitrogen and oxygen atoms in total. The molecule has 0 bridgehead atoms. The predicted octanol–water partition coefficient (Wildman–Crippen LogP) is 4.56. The largest absolute Gasteiger partial charge is 0.462 e. The van der Waals surface area contributed by atoms with Crippen LogP contribution in [-0.4, -0.2) is 27.5 Å². The Hall–Kier alpha value is -1.48. The van der Waals surface area contributed by atoms with Crippen LogP contribution in [0.3, 0.4) is 0 Å². The second kappa shape index (κ2) is 8.57. The number of carbonyl (C=O) groups is 1. The lowest BCUT2D eigenvalue weighted by Crippen LogP contribution is -2.30. The van der Waals surface area contributed by atoms with E-state index in [1.54, 1.807) is 0 Å². The van der Waals surface area contributed by atoms with Crippen molar-refractivity contribution >= 4 is 14.3 Å². The highest BCUT2D eigenvalue weighted by Crippen LogP contribution is 2.24. The van der Waals surface area contributed by atoms with Gasteiger partial charge in [-0.25, -0.2) is 26.7 Å². The number of unbranched alkanes of at least 4 members (excludes halogenated alkanes) is 1. The Bertz CT molecular complexity index is 578. The van der Waals surface area contributed by atoms with Crippen LogP contribution in [0, 0.1) is 29.1 Å². The van der Waals surface area contributed by atoms with Crippen LogP contribution >= 0.6 is 0 Å². The van der Waals surface area contributed by atoms with Crippen molar-refractivity contribution in [2.75, 3.05) is 13.2 Å². The fourth-order valence-corrected chi connectivity index (χ4v) is 4.16. The molecule has 1 aromatic carbocycles. The van der Waals surface area contributed by atoms with E-state index in [-0.39, 0.29) is 6.61 Å². The number of halogens is 5. The van der Waals surface area contributed by atoms with Crippen LogP contribution in [0.15, 0.2) is 0 Å². The molecule has 0 atom stereocenters. The van der Waals surface area contributed by atoms with Gasteiger partial charge in [-0.05, 0) is 32.5 Å². The summed E-state index contributed by atoms with van der Waals surface area (Å²) in [7, 11) is -1.78. The normalized spacial score (nSPS) is 11.7. The minimum absolute atomic E-state index is 0.186. The maximum atomic E-state index is 13.4. The molecule has 0 N–H and O–H groups in total. The zero-order chi connectivity index (χ0) is 18.5. The summed E-state index contributed by atoms with van der Waals surface area (Å²) in [6.07, 6.45) is 1.05. The molecule has 0 aliphatic carbocycles. The SMILES string of the molecule is CCO[Si](C)(C)CCCCOC(=O)c1c(F)c(F)c(F)c(F)c1F. The van der Waals surface area contributed by atoms with E-state index in [1.807, 2.05) is 20.0 Å². The van der Waals surface area contributed by atoms with E-state index in [4.69, 9.17) is 4.43 Å². The molecule has 0 spiro atoms. The van der Waals surface area contributed by atoms with Crippen molar-refractivity contribution in [2.24, 2.45) is 0 Å². The van der Waals surface area contributed by atoms with Crippen LogP contribution in [0.25, 0.3) is 0 Å². The molecule has 0 saturated carbocycles. The van der Waals surface area contributed by atoms with Crippen LogP contribution in [0.4, 0.5) is 22.0 Å². The zero-order valence-electron chi connectivity index (χ0n) is 13.7. The molecule has 0 saturated heterocycles. The van der Waals surface area contributed by atoms with Gasteiger partial charge in [0.05, 0.1) is 6.61 Å². The van der Waals surface area contributed by atoms with Gasteiger partial charge in [0, 0.05) is 6.61 Å². The van der Waals surface area contributed by atoms with E-state index in [0.29, 0.717) is 19.4 Å². The summed E-state index contributed by atoms with van der Waals surface area (Å²) in [6, 6.07) is 0.793. The number of hydrogen-bond donors (Lipinski definition) is 0. The molecule has 0 amide bonds. The topological polar surface area (TPSA) is 35.5 Å². The van der Waals surface area contributed by atoms with E-state index in [2.05, 4.69) is 4.74 Å². The third-order valence-electron chi connectivity index (χ3n) is 3.36. The lowest BCUT2D eigenvalue weighted by atomic mass is 10.1. The van der Waals surface area contributed by atoms with Crippen LogP contribution < -0.4 is 0 Å². The summed E-state index contributed by atoms with van der Waals surface area (Å²) in [6.45, 7) is 6.36. The predicted molar refractivity (Wildman–Crippen MR) is 79.7 cm³/mol. The number of rotatable bonds is 8. The van der Waals surface area contributed by atoms with Crippen molar-refractivity contribution in [2.45, 2.75) is 38.9 Å². The Kier molecular flexibility index (Phi) is 7.34. The molecule has 1 rings (SSSR count). The summed E-state index contributed by atoms with van der Waals surface area (Å²) in [4.78, 5) is 11.6. The molecule has 24 heavy (non-hydrogen) atoms. The first-order valence-electron chi connectivity index (χ1n) is 7.45. The van der Waals surface area contributed by atoms with Crippen molar-refractivity contribution in [1.82, 2.24) is 0 Å². The first kappa shape index (κ1) is 20.6. The smallest absolute Gasteiger partial charge is 0.344 e. The summed E-state index contributed by atoms with van der Waals surface area (Å²) >= 11 is 0. The number of benzene rings is 1. The molecule has 1 aromatic rings. The van der Waals surface area contributed by atoms with Gasteiger partial charge < -0.3 is 9.16 Å². The third-order valence-corrected chi connectivity index (χ3v) is 5.98.